The number of hydrogen-bond acceptors (Lipinski definition) is 2. The molecule has 0 aromatic carbocycles. The van der Waals surface area contributed by atoms with Crippen molar-refractivity contribution in [3.63, 3.8) is 0 Å². The van der Waals surface area contributed by atoms with Gasteiger partial charge in [0.25, 0.3) is 0 Å². The summed E-state index contributed by atoms with van der Waals surface area (Å²) in [4.78, 5) is 0. The topological polar surface area (TPSA) is 29.9 Å². The number of nitrogens with zero attached hydrogens (tertiary/aromatic N) is 2. The van der Waals surface area contributed by atoms with Crippen LogP contribution >= 0.6 is 0 Å². The zero-order valence-electron chi connectivity index (χ0n) is 8.43. The lowest BCUT2D eigenvalue weighted by molar-refractivity contribution is 0.647. The zero-order chi connectivity index (χ0) is 9.26. The molecule has 0 radical (unpaired) electrons. The van der Waals surface area contributed by atoms with E-state index in [1.165, 1.54) is 29.8 Å². The van der Waals surface area contributed by atoms with Crippen LogP contribution in [0.4, 0.5) is 0 Å². The van der Waals surface area contributed by atoms with Crippen LogP contribution in [0.3, 0.4) is 0 Å². The highest BCUT2D eigenvalue weighted by atomic mass is 15.3. The Hall–Kier alpha value is -0.830. The highest BCUT2D eigenvalue weighted by molar-refractivity contribution is 5.27. The summed E-state index contributed by atoms with van der Waals surface area (Å²) in [5.74, 6) is 0. The van der Waals surface area contributed by atoms with Gasteiger partial charge in [0.05, 0.1) is 5.69 Å². The Morgan fingerprint density at radius 2 is 2.38 bits per heavy atom. The molecular formula is C10H17N3. The first-order valence-corrected chi connectivity index (χ1v) is 5.07. The lowest BCUT2D eigenvalue weighted by Gasteiger charge is -2.00. The van der Waals surface area contributed by atoms with E-state index in [4.69, 9.17) is 0 Å². The van der Waals surface area contributed by atoms with Gasteiger partial charge >= 0.3 is 0 Å². The third kappa shape index (κ3) is 1.48. The van der Waals surface area contributed by atoms with Gasteiger partial charge in [-0.3, -0.25) is 4.68 Å². The number of rotatable bonds is 1. The minimum Gasteiger partial charge on any atom is -0.313 e. The minimum atomic E-state index is 1.01. The first-order valence-electron chi connectivity index (χ1n) is 5.07. The second kappa shape index (κ2) is 3.50. The van der Waals surface area contributed by atoms with Crippen LogP contribution in [0.25, 0.3) is 0 Å². The third-order valence-electron chi connectivity index (χ3n) is 2.76. The molecule has 1 N–H and O–H groups in total. The molecule has 1 aliphatic rings. The molecule has 3 heteroatoms. The largest absolute Gasteiger partial charge is 0.313 e. The SMILES string of the molecule is CCc1nn(C)c2c1CNCCC2. The fourth-order valence-corrected chi connectivity index (χ4v) is 2.06. The summed E-state index contributed by atoms with van der Waals surface area (Å²) in [6.07, 6.45) is 3.45. The molecule has 2 heterocycles. The molecular weight excluding hydrogens is 162 g/mol. The average Bonchev–Trinajstić information content (AvgIpc) is 2.38. The quantitative estimate of drug-likeness (QED) is 0.697. The van der Waals surface area contributed by atoms with E-state index >= 15 is 0 Å². The zero-order valence-corrected chi connectivity index (χ0v) is 8.43. The monoisotopic (exact) mass is 179 g/mol. The van der Waals surface area contributed by atoms with E-state index in [0.717, 1.165) is 19.5 Å². The fraction of sp³-hybridized carbons (Fsp3) is 0.700. The molecule has 0 unspecified atom stereocenters. The Balaban J connectivity index is 2.42. The maximum Gasteiger partial charge on any atom is 0.0669 e. The van der Waals surface area contributed by atoms with E-state index in [1.807, 2.05) is 0 Å². The molecule has 1 aliphatic heterocycles. The number of hydrogen-bond donors (Lipinski definition) is 1. The van der Waals surface area contributed by atoms with E-state index in [9.17, 15) is 0 Å². The van der Waals surface area contributed by atoms with Crippen molar-refractivity contribution < 1.29 is 0 Å². The van der Waals surface area contributed by atoms with Crippen molar-refractivity contribution in [3.05, 3.63) is 17.0 Å². The lowest BCUT2D eigenvalue weighted by atomic mass is 10.1. The van der Waals surface area contributed by atoms with Crippen molar-refractivity contribution in [3.8, 4) is 0 Å². The Labute approximate surface area is 79.1 Å². The Kier molecular flexibility index (Phi) is 2.36. The molecule has 0 spiro atoms. The molecule has 0 fully saturated rings. The normalized spacial score (nSPS) is 16.8. The molecule has 0 saturated heterocycles. The van der Waals surface area contributed by atoms with E-state index < -0.39 is 0 Å². The van der Waals surface area contributed by atoms with Gasteiger partial charge in [-0.05, 0) is 25.8 Å². The molecule has 0 atom stereocenters. The maximum absolute atomic E-state index is 4.53. The van der Waals surface area contributed by atoms with Gasteiger partial charge in [0.2, 0.25) is 0 Å². The summed E-state index contributed by atoms with van der Waals surface area (Å²) in [5, 5.41) is 7.97. The Morgan fingerprint density at radius 3 is 3.15 bits per heavy atom. The van der Waals surface area contributed by atoms with E-state index in [1.54, 1.807) is 0 Å². The van der Waals surface area contributed by atoms with Gasteiger partial charge in [-0.2, -0.15) is 5.10 Å². The summed E-state index contributed by atoms with van der Waals surface area (Å²) >= 11 is 0. The van der Waals surface area contributed by atoms with E-state index in [2.05, 4.69) is 29.1 Å². The molecule has 72 valence electrons. The fourth-order valence-electron chi connectivity index (χ4n) is 2.06. The standard InChI is InChI=1S/C10H17N3/c1-3-9-8-7-11-6-4-5-10(8)13(2)12-9/h11H,3-7H2,1-2H3. The van der Waals surface area contributed by atoms with Crippen molar-refractivity contribution in [1.29, 1.82) is 0 Å². The number of fused-ring (bicyclic) bond motifs is 1. The van der Waals surface area contributed by atoms with Crippen molar-refractivity contribution >= 4 is 0 Å². The van der Waals surface area contributed by atoms with Crippen LogP contribution in [0, 0.1) is 0 Å². The molecule has 0 amide bonds. The highest BCUT2D eigenvalue weighted by Crippen LogP contribution is 2.17. The molecule has 13 heavy (non-hydrogen) atoms. The molecule has 0 bridgehead atoms. The van der Waals surface area contributed by atoms with Gasteiger partial charge in [0, 0.05) is 24.8 Å². The molecule has 2 rings (SSSR count). The van der Waals surface area contributed by atoms with Crippen LogP contribution in [0.1, 0.15) is 30.3 Å². The van der Waals surface area contributed by atoms with Crippen LogP contribution < -0.4 is 5.32 Å². The first-order chi connectivity index (χ1) is 6.33. The lowest BCUT2D eigenvalue weighted by Crippen LogP contribution is -2.12. The van der Waals surface area contributed by atoms with Crippen LogP contribution in [0.2, 0.25) is 0 Å². The highest BCUT2D eigenvalue weighted by Gasteiger charge is 2.16. The molecule has 3 nitrogen and oxygen atoms in total. The Morgan fingerprint density at radius 1 is 1.54 bits per heavy atom. The van der Waals surface area contributed by atoms with Gasteiger partial charge in [0.15, 0.2) is 0 Å². The molecule has 0 saturated carbocycles. The van der Waals surface area contributed by atoms with Gasteiger partial charge < -0.3 is 5.32 Å². The summed E-state index contributed by atoms with van der Waals surface area (Å²) < 4.78 is 2.06. The van der Waals surface area contributed by atoms with Crippen molar-refractivity contribution in [2.45, 2.75) is 32.7 Å². The van der Waals surface area contributed by atoms with E-state index in [0.29, 0.717) is 0 Å². The number of nitrogens with one attached hydrogen (secondary N) is 1. The average molecular weight is 179 g/mol. The van der Waals surface area contributed by atoms with Crippen molar-refractivity contribution in [2.24, 2.45) is 7.05 Å². The van der Waals surface area contributed by atoms with Gasteiger partial charge in [-0.1, -0.05) is 6.92 Å². The molecule has 1 aromatic heterocycles. The Bertz CT molecular complexity index is 301. The smallest absolute Gasteiger partial charge is 0.0669 e. The first kappa shape index (κ1) is 8.75. The van der Waals surface area contributed by atoms with Gasteiger partial charge in [0.1, 0.15) is 0 Å². The van der Waals surface area contributed by atoms with E-state index in [-0.39, 0.29) is 0 Å². The van der Waals surface area contributed by atoms with Crippen molar-refractivity contribution in [2.75, 3.05) is 6.54 Å². The second-order valence-electron chi connectivity index (χ2n) is 3.63. The second-order valence-corrected chi connectivity index (χ2v) is 3.63. The third-order valence-corrected chi connectivity index (χ3v) is 2.76. The maximum atomic E-state index is 4.53. The minimum absolute atomic E-state index is 1.01. The number of aryl methyl sites for hydroxylation is 2. The predicted molar refractivity (Wildman–Crippen MR) is 52.6 cm³/mol. The van der Waals surface area contributed by atoms with Crippen LogP contribution in [0.15, 0.2) is 0 Å². The molecule has 0 aliphatic carbocycles. The van der Waals surface area contributed by atoms with Gasteiger partial charge in [-0.25, -0.2) is 0 Å². The molecule has 1 aromatic rings. The summed E-state index contributed by atoms with van der Waals surface area (Å²) in [7, 11) is 2.06. The summed E-state index contributed by atoms with van der Waals surface area (Å²) in [5.41, 5.74) is 4.15. The number of aromatic nitrogens is 2. The summed E-state index contributed by atoms with van der Waals surface area (Å²) in [6.45, 7) is 4.32. The van der Waals surface area contributed by atoms with Crippen LogP contribution in [-0.2, 0) is 26.4 Å². The van der Waals surface area contributed by atoms with Gasteiger partial charge in [-0.15, -0.1) is 0 Å². The predicted octanol–water partition coefficient (Wildman–Crippen LogP) is 1.02. The van der Waals surface area contributed by atoms with Crippen LogP contribution in [0.5, 0.6) is 0 Å². The van der Waals surface area contributed by atoms with Crippen LogP contribution in [-0.4, -0.2) is 16.3 Å². The summed E-state index contributed by atoms with van der Waals surface area (Å²) in [6, 6.07) is 0. The van der Waals surface area contributed by atoms with Crippen molar-refractivity contribution in [1.82, 2.24) is 15.1 Å².